The van der Waals surface area contributed by atoms with Gasteiger partial charge >= 0.3 is 5.97 Å². The maximum Gasteiger partial charge on any atom is 0.310 e. The van der Waals surface area contributed by atoms with Crippen LogP contribution in [-0.2, 0) is 18.3 Å². The zero-order valence-electron chi connectivity index (χ0n) is 12.8. The number of aromatic nitrogens is 4. The molecule has 0 amide bonds. The molecule has 1 saturated carbocycles. The van der Waals surface area contributed by atoms with Gasteiger partial charge in [-0.1, -0.05) is 20.8 Å². The van der Waals surface area contributed by atoms with Crippen molar-refractivity contribution in [3.63, 3.8) is 0 Å². The average Bonchev–Trinajstić information content (AvgIpc) is 2.74. The number of tetrazole rings is 1. The second-order valence-electron chi connectivity index (χ2n) is 7.10. The minimum atomic E-state index is -0.725. The zero-order valence-corrected chi connectivity index (χ0v) is 12.8. The van der Waals surface area contributed by atoms with Gasteiger partial charge in [-0.15, -0.1) is 10.2 Å². The Morgan fingerprint density at radius 3 is 2.40 bits per heavy atom. The first-order chi connectivity index (χ1) is 9.23. The van der Waals surface area contributed by atoms with Crippen molar-refractivity contribution in [3.05, 3.63) is 5.82 Å². The minimum Gasteiger partial charge on any atom is -0.481 e. The normalized spacial score (nSPS) is 27.5. The van der Waals surface area contributed by atoms with Crippen LogP contribution in [0.2, 0.25) is 0 Å². The number of aliphatic carboxylic acids is 1. The van der Waals surface area contributed by atoms with Crippen LogP contribution in [0, 0.1) is 16.7 Å². The van der Waals surface area contributed by atoms with Crippen LogP contribution in [0.5, 0.6) is 0 Å². The zero-order chi connectivity index (χ0) is 15.0. The van der Waals surface area contributed by atoms with E-state index in [1.54, 1.807) is 7.05 Å². The fraction of sp³-hybridized carbons (Fsp3) is 0.857. The lowest BCUT2D eigenvalue weighted by molar-refractivity contribution is -0.152. The van der Waals surface area contributed by atoms with Crippen LogP contribution in [0.4, 0.5) is 0 Å². The smallest absolute Gasteiger partial charge is 0.310 e. The molecule has 0 atom stereocenters. The molecule has 1 fully saturated rings. The van der Waals surface area contributed by atoms with Gasteiger partial charge in [-0.25, -0.2) is 0 Å². The summed E-state index contributed by atoms with van der Waals surface area (Å²) < 4.78 is 0. The standard InChI is InChI=1S/C14H24N4O2/c1-13(2,3)10-5-7-14(8-6-10,12(19)20)9-11-15-17-18(4)16-11/h10H,5-9H2,1-4H3,(H,19,20). The number of hydrogen-bond acceptors (Lipinski definition) is 4. The first-order valence-corrected chi connectivity index (χ1v) is 7.19. The van der Waals surface area contributed by atoms with Gasteiger partial charge in [0, 0.05) is 6.42 Å². The van der Waals surface area contributed by atoms with Crippen LogP contribution >= 0.6 is 0 Å². The number of hydrogen-bond donors (Lipinski definition) is 1. The fourth-order valence-electron chi connectivity index (χ4n) is 3.20. The second-order valence-corrected chi connectivity index (χ2v) is 7.10. The number of rotatable bonds is 3. The van der Waals surface area contributed by atoms with E-state index in [1.165, 1.54) is 4.80 Å². The third kappa shape index (κ3) is 2.99. The number of carboxylic acid groups (broad SMARTS) is 1. The third-order valence-corrected chi connectivity index (χ3v) is 4.67. The molecule has 112 valence electrons. The monoisotopic (exact) mass is 280 g/mol. The summed E-state index contributed by atoms with van der Waals surface area (Å²) in [6.45, 7) is 6.70. The lowest BCUT2D eigenvalue weighted by Crippen LogP contribution is -2.40. The Morgan fingerprint density at radius 1 is 1.40 bits per heavy atom. The maximum atomic E-state index is 11.8. The van der Waals surface area contributed by atoms with E-state index in [9.17, 15) is 9.90 Å². The molecule has 0 radical (unpaired) electrons. The Bertz CT molecular complexity index is 482. The van der Waals surface area contributed by atoms with Gasteiger partial charge < -0.3 is 5.11 Å². The SMILES string of the molecule is Cn1nnc(CC2(C(=O)O)CCC(C(C)(C)C)CC2)n1. The van der Waals surface area contributed by atoms with E-state index in [-0.39, 0.29) is 5.41 Å². The predicted octanol–water partition coefficient (Wildman–Crippen LogP) is 2.06. The molecule has 20 heavy (non-hydrogen) atoms. The summed E-state index contributed by atoms with van der Waals surface area (Å²) in [7, 11) is 1.69. The van der Waals surface area contributed by atoms with Gasteiger partial charge in [0.2, 0.25) is 0 Å². The minimum absolute atomic E-state index is 0.246. The number of carboxylic acids is 1. The van der Waals surface area contributed by atoms with E-state index in [2.05, 4.69) is 36.2 Å². The quantitative estimate of drug-likeness (QED) is 0.916. The van der Waals surface area contributed by atoms with Crippen LogP contribution in [-0.4, -0.2) is 31.3 Å². The second kappa shape index (κ2) is 5.14. The van der Waals surface area contributed by atoms with E-state index in [0.29, 0.717) is 31.0 Å². The first kappa shape index (κ1) is 14.9. The molecule has 0 bridgehead atoms. The van der Waals surface area contributed by atoms with Gasteiger partial charge in [0.15, 0.2) is 5.82 Å². The van der Waals surface area contributed by atoms with Crippen molar-refractivity contribution >= 4 is 5.97 Å². The molecule has 6 heteroatoms. The molecule has 0 unspecified atom stereocenters. The summed E-state index contributed by atoms with van der Waals surface area (Å²) in [6.07, 6.45) is 3.68. The molecule has 1 aliphatic carbocycles. The molecule has 1 aromatic rings. The fourth-order valence-corrected chi connectivity index (χ4v) is 3.20. The summed E-state index contributed by atoms with van der Waals surface area (Å²) in [5, 5.41) is 21.5. The maximum absolute atomic E-state index is 11.8. The van der Waals surface area contributed by atoms with Gasteiger partial charge in [-0.3, -0.25) is 4.79 Å². The van der Waals surface area contributed by atoms with Crippen molar-refractivity contribution in [2.45, 2.75) is 52.9 Å². The lowest BCUT2D eigenvalue weighted by atomic mass is 9.63. The molecule has 2 rings (SSSR count). The number of carbonyl (C=O) groups is 1. The van der Waals surface area contributed by atoms with Crippen molar-refractivity contribution in [1.82, 2.24) is 20.2 Å². The summed E-state index contributed by atoms with van der Waals surface area (Å²) in [5.74, 6) is 0.395. The van der Waals surface area contributed by atoms with Gasteiger partial charge in [0.1, 0.15) is 0 Å². The highest BCUT2D eigenvalue weighted by molar-refractivity contribution is 5.75. The molecule has 0 spiro atoms. The van der Waals surface area contributed by atoms with Crippen molar-refractivity contribution in [3.8, 4) is 0 Å². The van der Waals surface area contributed by atoms with E-state index < -0.39 is 11.4 Å². The number of aryl methyl sites for hydroxylation is 1. The summed E-state index contributed by atoms with van der Waals surface area (Å²) >= 11 is 0. The van der Waals surface area contributed by atoms with E-state index in [1.807, 2.05) is 0 Å². The lowest BCUT2D eigenvalue weighted by Gasteiger charge is -2.41. The Balaban J connectivity index is 2.11. The molecule has 0 aromatic carbocycles. The molecule has 6 nitrogen and oxygen atoms in total. The summed E-state index contributed by atoms with van der Waals surface area (Å²) in [6, 6.07) is 0. The molecule has 0 aliphatic heterocycles. The highest BCUT2D eigenvalue weighted by Crippen LogP contribution is 2.46. The summed E-state index contributed by atoms with van der Waals surface area (Å²) in [4.78, 5) is 13.1. The van der Waals surface area contributed by atoms with Crippen molar-refractivity contribution in [1.29, 1.82) is 0 Å². The van der Waals surface area contributed by atoms with Crippen molar-refractivity contribution in [2.75, 3.05) is 0 Å². The van der Waals surface area contributed by atoms with Gasteiger partial charge in [0.25, 0.3) is 0 Å². The largest absolute Gasteiger partial charge is 0.481 e. The predicted molar refractivity (Wildman–Crippen MR) is 74.0 cm³/mol. The van der Waals surface area contributed by atoms with Crippen LogP contribution < -0.4 is 0 Å². The molecule has 1 N–H and O–H groups in total. The Hall–Kier alpha value is -1.46. The Labute approximate surface area is 119 Å². The van der Waals surface area contributed by atoms with Gasteiger partial charge in [0.05, 0.1) is 12.5 Å². The molecule has 1 heterocycles. The van der Waals surface area contributed by atoms with Crippen LogP contribution in [0.1, 0.15) is 52.3 Å². The molecular formula is C14H24N4O2. The van der Waals surface area contributed by atoms with Crippen LogP contribution in [0.3, 0.4) is 0 Å². The highest BCUT2D eigenvalue weighted by atomic mass is 16.4. The van der Waals surface area contributed by atoms with E-state index in [4.69, 9.17) is 0 Å². The molecule has 0 saturated heterocycles. The average molecular weight is 280 g/mol. The first-order valence-electron chi connectivity index (χ1n) is 7.19. The van der Waals surface area contributed by atoms with Crippen LogP contribution in [0.15, 0.2) is 0 Å². The van der Waals surface area contributed by atoms with Crippen molar-refractivity contribution < 1.29 is 9.90 Å². The Kier molecular flexibility index (Phi) is 3.84. The van der Waals surface area contributed by atoms with Crippen molar-refractivity contribution in [2.24, 2.45) is 23.8 Å². The van der Waals surface area contributed by atoms with E-state index in [0.717, 1.165) is 12.8 Å². The molecule has 1 aliphatic rings. The Morgan fingerprint density at radius 2 is 2.00 bits per heavy atom. The number of nitrogens with zero attached hydrogens (tertiary/aromatic N) is 4. The van der Waals surface area contributed by atoms with Gasteiger partial charge in [-0.05, 0) is 42.2 Å². The third-order valence-electron chi connectivity index (χ3n) is 4.67. The summed E-state index contributed by atoms with van der Waals surface area (Å²) in [5.41, 5.74) is -0.472. The topological polar surface area (TPSA) is 80.9 Å². The van der Waals surface area contributed by atoms with Crippen LogP contribution in [0.25, 0.3) is 0 Å². The molecular weight excluding hydrogens is 256 g/mol. The van der Waals surface area contributed by atoms with Gasteiger partial charge in [-0.2, -0.15) is 4.80 Å². The van der Waals surface area contributed by atoms with E-state index >= 15 is 0 Å². The molecule has 1 aromatic heterocycles. The highest BCUT2D eigenvalue weighted by Gasteiger charge is 2.45.